The first-order chi connectivity index (χ1) is 9.62. The lowest BCUT2D eigenvalue weighted by molar-refractivity contribution is -0.328. The van der Waals surface area contributed by atoms with E-state index in [1.807, 2.05) is 0 Å². The van der Waals surface area contributed by atoms with Gasteiger partial charge >= 0.3 is 23.9 Å². The van der Waals surface area contributed by atoms with Crippen LogP contribution in [-0.2, 0) is 28.6 Å². The van der Waals surface area contributed by atoms with Gasteiger partial charge in [0.2, 0.25) is 0 Å². The van der Waals surface area contributed by atoms with Gasteiger partial charge in [-0.2, -0.15) is 0 Å². The third-order valence-electron chi connectivity index (χ3n) is 1.75. The average molecular weight is 310 g/mol. The summed E-state index contributed by atoms with van der Waals surface area (Å²) < 4.78 is 14.1. The first-order valence-corrected chi connectivity index (χ1v) is 6.10. The zero-order chi connectivity index (χ0) is 17.1. The Morgan fingerprint density at radius 1 is 0.905 bits per heavy atom. The van der Waals surface area contributed by atoms with Gasteiger partial charge in [-0.05, 0) is 0 Å². The molecule has 0 atom stereocenters. The number of ether oxygens (including phenoxy) is 3. The third kappa shape index (κ3) is 11.8. The molecule has 0 aromatic rings. The van der Waals surface area contributed by atoms with Gasteiger partial charge in [0.05, 0.1) is 19.6 Å². The Morgan fingerprint density at radius 2 is 1.19 bits per heavy atom. The molecule has 0 aliphatic carbocycles. The Labute approximate surface area is 122 Å². The molecule has 0 fully saturated rings. The topological polar surface area (TPSA) is 140 Å². The van der Waals surface area contributed by atoms with E-state index in [2.05, 4.69) is 14.2 Å². The van der Waals surface area contributed by atoms with Crippen LogP contribution in [0.1, 0.15) is 34.1 Å². The summed E-state index contributed by atoms with van der Waals surface area (Å²) >= 11 is 0. The van der Waals surface area contributed by atoms with Crippen molar-refractivity contribution in [3.8, 4) is 0 Å². The quantitative estimate of drug-likeness (QED) is 0.419. The summed E-state index contributed by atoms with van der Waals surface area (Å²) in [7, 11) is 0. The smallest absolute Gasteiger partial charge is 0.394 e. The molecule has 0 aromatic carbocycles. The largest absolute Gasteiger partial charge is 0.423 e. The summed E-state index contributed by atoms with van der Waals surface area (Å²) in [6.45, 7) is 4.19. The minimum atomic E-state index is -1.94. The van der Waals surface area contributed by atoms with Crippen LogP contribution in [0.5, 0.6) is 0 Å². The molecule has 0 aliphatic rings. The van der Waals surface area contributed by atoms with E-state index < -0.39 is 30.0 Å². The minimum absolute atomic E-state index is 0.0196. The first-order valence-electron chi connectivity index (χ1n) is 6.10. The number of aliphatic hydroxyl groups is 3. The average Bonchev–Trinajstić information content (AvgIpc) is 2.35. The lowest BCUT2D eigenvalue weighted by atomic mass is 10.4. The van der Waals surface area contributed by atoms with Crippen LogP contribution in [0.2, 0.25) is 0 Å². The van der Waals surface area contributed by atoms with Crippen molar-refractivity contribution in [2.75, 3.05) is 13.2 Å². The monoisotopic (exact) mass is 310 g/mol. The van der Waals surface area contributed by atoms with Crippen molar-refractivity contribution < 1.29 is 43.9 Å². The highest BCUT2D eigenvalue weighted by atomic mass is 16.9. The van der Waals surface area contributed by atoms with Gasteiger partial charge in [0.15, 0.2) is 0 Å². The number of esters is 3. The molecule has 0 amide bonds. The third-order valence-corrected chi connectivity index (χ3v) is 1.75. The molecule has 0 saturated heterocycles. The predicted molar refractivity (Wildman–Crippen MR) is 68.5 cm³/mol. The fourth-order valence-electron chi connectivity index (χ4n) is 0.994. The van der Waals surface area contributed by atoms with Gasteiger partial charge in [-0.25, -0.2) is 0 Å². The number of rotatable bonds is 6. The van der Waals surface area contributed by atoms with Gasteiger partial charge in [-0.3, -0.25) is 14.4 Å². The highest BCUT2D eigenvalue weighted by Gasteiger charge is 2.39. The number of carbonyl (C=O) groups excluding carboxylic acids is 3. The van der Waals surface area contributed by atoms with Crippen molar-refractivity contribution in [1.82, 2.24) is 0 Å². The van der Waals surface area contributed by atoms with Crippen LogP contribution in [0, 0.1) is 0 Å². The van der Waals surface area contributed by atoms with Crippen LogP contribution in [0.25, 0.3) is 0 Å². The Hall–Kier alpha value is -1.71. The molecule has 0 rings (SSSR count). The van der Waals surface area contributed by atoms with E-state index in [4.69, 9.17) is 15.3 Å². The Kier molecular flexibility index (Phi) is 11.3. The van der Waals surface area contributed by atoms with Crippen molar-refractivity contribution in [2.45, 2.75) is 46.2 Å². The molecule has 9 nitrogen and oxygen atoms in total. The van der Waals surface area contributed by atoms with Gasteiger partial charge in [-0.1, -0.05) is 6.92 Å². The summed E-state index contributed by atoms with van der Waals surface area (Å²) in [6.07, 6.45) is -0.934. The SMILES string of the molecule is CCC(OC(C)=O)(OC(C)=O)OC(C)=O.OCC(O)CO. The van der Waals surface area contributed by atoms with Crippen LogP contribution >= 0.6 is 0 Å². The number of hydrogen-bond acceptors (Lipinski definition) is 9. The van der Waals surface area contributed by atoms with Crippen molar-refractivity contribution in [3.63, 3.8) is 0 Å². The molecule has 0 saturated carbocycles. The summed E-state index contributed by atoms with van der Waals surface area (Å²) in [4.78, 5) is 32.3. The van der Waals surface area contributed by atoms with E-state index >= 15 is 0 Å². The highest BCUT2D eigenvalue weighted by molar-refractivity contribution is 5.70. The fourth-order valence-corrected chi connectivity index (χ4v) is 0.994. The molecule has 0 heterocycles. The molecule has 0 unspecified atom stereocenters. The summed E-state index contributed by atoms with van der Waals surface area (Å²) in [5, 5.41) is 24.0. The molecule has 0 spiro atoms. The fraction of sp³-hybridized carbons (Fsp3) is 0.750. The van der Waals surface area contributed by atoms with Gasteiger partial charge < -0.3 is 29.5 Å². The molecule has 0 aromatic heterocycles. The Bertz CT molecular complexity index is 295. The highest BCUT2D eigenvalue weighted by Crippen LogP contribution is 2.20. The van der Waals surface area contributed by atoms with Crippen molar-refractivity contribution >= 4 is 17.9 Å². The number of aliphatic hydroxyl groups excluding tert-OH is 3. The minimum Gasteiger partial charge on any atom is -0.394 e. The van der Waals surface area contributed by atoms with Crippen molar-refractivity contribution in [2.24, 2.45) is 0 Å². The molecule has 21 heavy (non-hydrogen) atoms. The summed E-state index contributed by atoms with van der Waals surface area (Å²) in [5.74, 6) is -4.07. The normalized spacial score (nSPS) is 10.3. The number of carbonyl (C=O) groups is 3. The number of hydrogen-bond donors (Lipinski definition) is 3. The van der Waals surface area contributed by atoms with Crippen molar-refractivity contribution in [3.05, 3.63) is 0 Å². The molecule has 0 bridgehead atoms. The maximum atomic E-state index is 10.8. The Morgan fingerprint density at radius 3 is 1.29 bits per heavy atom. The van der Waals surface area contributed by atoms with E-state index in [1.54, 1.807) is 6.92 Å². The molecule has 0 aliphatic heterocycles. The standard InChI is InChI=1S/C9H14O6.C3H8O3/c1-5-9(13-6(2)10,14-7(3)11)15-8(4)12;4-1-3(6)2-5/h5H2,1-4H3;3-6H,1-2H2. The van der Waals surface area contributed by atoms with Crippen LogP contribution in [0.15, 0.2) is 0 Å². The second-order valence-corrected chi connectivity index (χ2v) is 3.84. The lowest BCUT2D eigenvalue weighted by Gasteiger charge is -2.28. The molecule has 0 radical (unpaired) electrons. The molecular formula is C12H22O9. The van der Waals surface area contributed by atoms with Gasteiger partial charge in [-0.15, -0.1) is 0 Å². The maximum Gasteiger partial charge on any atom is 0.423 e. The zero-order valence-corrected chi connectivity index (χ0v) is 12.5. The second kappa shape index (κ2) is 11.0. The summed E-state index contributed by atoms with van der Waals surface area (Å²) in [5.41, 5.74) is 0. The molecule has 124 valence electrons. The first kappa shape index (κ1) is 21.6. The van der Waals surface area contributed by atoms with Crippen LogP contribution < -0.4 is 0 Å². The van der Waals surface area contributed by atoms with Gasteiger partial charge in [0.1, 0.15) is 6.10 Å². The van der Waals surface area contributed by atoms with E-state index in [1.165, 1.54) is 0 Å². The van der Waals surface area contributed by atoms with Gasteiger partial charge in [0.25, 0.3) is 0 Å². The molecule has 9 heteroatoms. The predicted octanol–water partition coefficient (Wildman–Crippen LogP) is -0.929. The Balaban J connectivity index is 0. The van der Waals surface area contributed by atoms with Gasteiger partial charge in [0, 0.05) is 20.8 Å². The second-order valence-electron chi connectivity index (χ2n) is 3.84. The van der Waals surface area contributed by atoms with Crippen LogP contribution in [0.4, 0.5) is 0 Å². The molecule has 3 N–H and O–H groups in total. The zero-order valence-electron chi connectivity index (χ0n) is 12.5. The van der Waals surface area contributed by atoms with Crippen molar-refractivity contribution in [1.29, 1.82) is 0 Å². The van der Waals surface area contributed by atoms with E-state index in [0.29, 0.717) is 0 Å². The van der Waals surface area contributed by atoms with E-state index in [9.17, 15) is 14.4 Å². The van der Waals surface area contributed by atoms with E-state index in [-0.39, 0.29) is 19.6 Å². The lowest BCUT2D eigenvalue weighted by Crippen LogP contribution is -2.42. The summed E-state index contributed by atoms with van der Waals surface area (Å²) in [6, 6.07) is 0. The van der Waals surface area contributed by atoms with Crippen LogP contribution in [-0.4, -0.2) is 58.5 Å². The maximum absolute atomic E-state index is 10.8. The van der Waals surface area contributed by atoms with E-state index in [0.717, 1.165) is 20.8 Å². The van der Waals surface area contributed by atoms with Crippen LogP contribution in [0.3, 0.4) is 0 Å². The molecular weight excluding hydrogens is 288 g/mol.